The van der Waals surface area contributed by atoms with E-state index in [-0.39, 0.29) is 0 Å². The Labute approximate surface area is 137 Å². The van der Waals surface area contributed by atoms with Crippen molar-refractivity contribution in [3.8, 4) is 23.4 Å². The van der Waals surface area contributed by atoms with Crippen LogP contribution in [0.5, 0.6) is 11.6 Å². The van der Waals surface area contributed by atoms with E-state index >= 15 is 0 Å². The minimum atomic E-state index is 0.423. The van der Waals surface area contributed by atoms with E-state index in [0.717, 1.165) is 5.69 Å². The maximum atomic E-state index is 8.85. The maximum Gasteiger partial charge on any atom is 0.233 e. The summed E-state index contributed by atoms with van der Waals surface area (Å²) in [5.74, 6) is 1.02. The zero-order chi connectivity index (χ0) is 16.4. The molecule has 0 N–H and O–H groups in total. The number of aromatic nitrogens is 4. The summed E-state index contributed by atoms with van der Waals surface area (Å²) in [5.41, 5.74) is 2.16. The predicted molar refractivity (Wildman–Crippen MR) is 87.9 cm³/mol. The third-order valence-electron chi connectivity index (χ3n) is 3.53. The molecular formula is C18H11N5O. The molecule has 0 aliphatic carbocycles. The number of hydrogen-bond acceptors (Lipinski definition) is 5. The third kappa shape index (κ3) is 2.44. The van der Waals surface area contributed by atoms with Gasteiger partial charge in [-0.25, -0.2) is 14.6 Å². The standard InChI is InChI=1S/C18H11N5O/c19-10-13-6-8-15(9-7-13)24-18-16-11-22-23(17(16)20-12-21-18)14-4-2-1-3-5-14/h1-9,11-12H. The van der Waals surface area contributed by atoms with Crippen LogP contribution in [0.25, 0.3) is 16.7 Å². The molecule has 0 saturated carbocycles. The summed E-state index contributed by atoms with van der Waals surface area (Å²) in [4.78, 5) is 8.51. The highest BCUT2D eigenvalue weighted by atomic mass is 16.5. The Morgan fingerprint density at radius 3 is 2.50 bits per heavy atom. The van der Waals surface area contributed by atoms with Crippen molar-refractivity contribution >= 4 is 11.0 Å². The monoisotopic (exact) mass is 313 g/mol. The van der Waals surface area contributed by atoms with Crippen molar-refractivity contribution in [1.82, 2.24) is 19.7 Å². The second-order valence-corrected chi connectivity index (χ2v) is 5.05. The number of para-hydroxylation sites is 1. The number of benzene rings is 2. The lowest BCUT2D eigenvalue weighted by atomic mass is 10.2. The molecule has 0 aliphatic rings. The largest absolute Gasteiger partial charge is 0.438 e. The molecule has 0 spiro atoms. The Balaban J connectivity index is 1.74. The van der Waals surface area contributed by atoms with Crippen molar-refractivity contribution < 1.29 is 4.74 Å². The van der Waals surface area contributed by atoms with Gasteiger partial charge in [-0.05, 0) is 36.4 Å². The van der Waals surface area contributed by atoms with Gasteiger partial charge in [-0.15, -0.1) is 0 Å². The number of nitrogens with zero attached hydrogens (tertiary/aromatic N) is 5. The van der Waals surface area contributed by atoms with Crippen molar-refractivity contribution in [2.24, 2.45) is 0 Å². The van der Waals surface area contributed by atoms with Gasteiger partial charge >= 0.3 is 0 Å². The number of ether oxygens (including phenoxy) is 1. The van der Waals surface area contributed by atoms with Crippen LogP contribution in [0.1, 0.15) is 5.56 Å². The molecule has 6 heteroatoms. The Morgan fingerprint density at radius 1 is 0.958 bits per heavy atom. The summed E-state index contributed by atoms with van der Waals surface area (Å²) in [6, 6.07) is 18.7. The third-order valence-corrected chi connectivity index (χ3v) is 3.53. The maximum absolute atomic E-state index is 8.85. The van der Waals surface area contributed by atoms with E-state index in [0.29, 0.717) is 28.2 Å². The Bertz CT molecular complexity index is 1030. The molecule has 114 valence electrons. The predicted octanol–water partition coefficient (Wildman–Crippen LogP) is 3.48. The summed E-state index contributed by atoms with van der Waals surface area (Å²) in [7, 11) is 0. The van der Waals surface area contributed by atoms with Gasteiger partial charge in [0.2, 0.25) is 5.88 Å². The van der Waals surface area contributed by atoms with Gasteiger partial charge in [0.25, 0.3) is 0 Å². The molecule has 0 radical (unpaired) electrons. The fourth-order valence-electron chi connectivity index (χ4n) is 2.37. The minimum absolute atomic E-state index is 0.423. The first-order valence-electron chi connectivity index (χ1n) is 7.27. The zero-order valence-electron chi connectivity index (χ0n) is 12.5. The van der Waals surface area contributed by atoms with Gasteiger partial charge in [0.05, 0.1) is 23.5 Å². The number of nitriles is 1. The van der Waals surface area contributed by atoms with Crippen LogP contribution in [0.4, 0.5) is 0 Å². The van der Waals surface area contributed by atoms with Gasteiger partial charge in [-0.1, -0.05) is 18.2 Å². The van der Waals surface area contributed by atoms with Crippen molar-refractivity contribution in [2.45, 2.75) is 0 Å². The molecule has 2 aromatic carbocycles. The quantitative estimate of drug-likeness (QED) is 0.578. The average Bonchev–Trinajstić information content (AvgIpc) is 3.08. The van der Waals surface area contributed by atoms with Crippen LogP contribution in [0, 0.1) is 11.3 Å². The number of hydrogen-bond donors (Lipinski definition) is 0. The molecule has 6 nitrogen and oxygen atoms in total. The van der Waals surface area contributed by atoms with Gasteiger partial charge in [0.1, 0.15) is 17.5 Å². The lowest BCUT2D eigenvalue weighted by molar-refractivity contribution is 0.468. The molecule has 0 saturated heterocycles. The SMILES string of the molecule is N#Cc1ccc(Oc2ncnc3c2cnn3-c2ccccc2)cc1. The van der Waals surface area contributed by atoms with Crippen LogP contribution in [-0.2, 0) is 0 Å². The molecular weight excluding hydrogens is 302 g/mol. The molecule has 2 heterocycles. The van der Waals surface area contributed by atoms with E-state index < -0.39 is 0 Å². The second-order valence-electron chi connectivity index (χ2n) is 5.05. The van der Waals surface area contributed by atoms with Crippen molar-refractivity contribution in [3.63, 3.8) is 0 Å². The van der Waals surface area contributed by atoms with E-state index in [4.69, 9.17) is 10.00 Å². The summed E-state index contributed by atoms with van der Waals surface area (Å²) in [5, 5.41) is 13.9. The summed E-state index contributed by atoms with van der Waals surface area (Å²) in [6.07, 6.45) is 3.13. The normalized spacial score (nSPS) is 10.5. The summed E-state index contributed by atoms with van der Waals surface area (Å²) in [6.45, 7) is 0. The van der Waals surface area contributed by atoms with E-state index in [1.165, 1.54) is 6.33 Å². The van der Waals surface area contributed by atoms with E-state index in [1.807, 2.05) is 30.3 Å². The molecule has 0 aliphatic heterocycles. The minimum Gasteiger partial charge on any atom is -0.438 e. The van der Waals surface area contributed by atoms with Crippen molar-refractivity contribution in [2.75, 3.05) is 0 Å². The molecule has 2 aromatic heterocycles. The number of rotatable bonds is 3. The van der Waals surface area contributed by atoms with Crippen molar-refractivity contribution in [1.29, 1.82) is 5.26 Å². The lowest BCUT2D eigenvalue weighted by Gasteiger charge is -2.06. The van der Waals surface area contributed by atoms with E-state index in [2.05, 4.69) is 21.1 Å². The molecule has 0 fully saturated rings. The van der Waals surface area contributed by atoms with Crippen LogP contribution < -0.4 is 4.74 Å². The van der Waals surface area contributed by atoms with Gasteiger partial charge in [-0.3, -0.25) is 0 Å². The highest BCUT2D eigenvalue weighted by molar-refractivity contribution is 5.81. The second kappa shape index (κ2) is 5.82. The molecule has 4 rings (SSSR count). The topological polar surface area (TPSA) is 76.6 Å². The molecule has 4 aromatic rings. The smallest absolute Gasteiger partial charge is 0.233 e. The first-order valence-corrected chi connectivity index (χ1v) is 7.27. The Morgan fingerprint density at radius 2 is 1.75 bits per heavy atom. The highest BCUT2D eigenvalue weighted by Crippen LogP contribution is 2.27. The number of fused-ring (bicyclic) bond motifs is 1. The lowest BCUT2D eigenvalue weighted by Crippen LogP contribution is -1.98. The fraction of sp³-hybridized carbons (Fsp3) is 0. The molecule has 0 amide bonds. The average molecular weight is 313 g/mol. The highest BCUT2D eigenvalue weighted by Gasteiger charge is 2.12. The van der Waals surface area contributed by atoms with E-state index in [1.54, 1.807) is 35.1 Å². The molecule has 0 unspecified atom stereocenters. The molecule has 0 bridgehead atoms. The van der Waals surface area contributed by atoms with Crippen LogP contribution >= 0.6 is 0 Å². The Kier molecular flexibility index (Phi) is 3.37. The van der Waals surface area contributed by atoms with Crippen LogP contribution in [0.15, 0.2) is 67.1 Å². The molecule has 24 heavy (non-hydrogen) atoms. The first-order chi connectivity index (χ1) is 11.8. The van der Waals surface area contributed by atoms with Crippen molar-refractivity contribution in [3.05, 3.63) is 72.7 Å². The Hall–Kier alpha value is -3.72. The summed E-state index contributed by atoms with van der Waals surface area (Å²) >= 11 is 0. The van der Waals surface area contributed by atoms with Crippen LogP contribution in [-0.4, -0.2) is 19.7 Å². The van der Waals surface area contributed by atoms with Gasteiger partial charge in [-0.2, -0.15) is 10.4 Å². The van der Waals surface area contributed by atoms with E-state index in [9.17, 15) is 0 Å². The summed E-state index contributed by atoms with van der Waals surface area (Å²) < 4.78 is 7.57. The van der Waals surface area contributed by atoms with Gasteiger partial charge in [0, 0.05) is 0 Å². The van der Waals surface area contributed by atoms with Gasteiger partial charge in [0.15, 0.2) is 5.65 Å². The van der Waals surface area contributed by atoms with Crippen LogP contribution in [0.2, 0.25) is 0 Å². The van der Waals surface area contributed by atoms with Gasteiger partial charge < -0.3 is 4.74 Å². The first kappa shape index (κ1) is 13.9. The zero-order valence-corrected chi connectivity index (χ0v) is 12.5. The fourth-order valence-corrected chi connectivity index (χ4v) is 2.37. The van der Waals surface area contributed by atoms with Crippen LogP contribution in [0.3, 0.4) is 0 Å². The molecule has 0 atom stereocenters.